The molecule has 0 aliphatic rings. The molecule has 0 aromatic carbocycles. The second kappa shape index (κ2) is 71.1. The van der Waals surface area contributed by atoms with E-state index in [1.807, 2.05) is 0 Å². The van der Waals surface area contributed by atoms with Gasteiger partial charge in [-0.05, 0) is 89.9 Å². The molecule has 0 bridgehead atoms. The van der Waals surface area contributed by atoms with Gasteiger partial charge in [-0.3, -0.25) is 14.4 Å². The van der Waals surface area contributed by atoms with Crippen molar-refractivity contribution in [3.05, 3.63) is 85.1 Å². The van der Waals surface area contributed by atoms with Gasteiger partial charge < -0.3 is 14.2 Å². The molecule has 0 fully saturated rings. The van der Waals surface area contributed by atoms with Crippen molar-refractivity contribution in [1.82, 2.24) is 0 Å². The van der Waals surface area contributed by atoms with E-state index in [1.54, 1.807) is 0 Å². The second-order valence-corrected chi connectivity index (χ2v) is 24.1. The number of hydrogen-bond acceptors (Lipinski definition) is 6. The van der Waals surface area contributed by atoms with E-state index in [4.69, 9.17) is 14.2 Å². The number of carbonyl (C=O) groups excluding carboxylic acids is 3. The Kier molecular flexibility index (Phi) is 68.2. The standard InChI is InChI=1S/C77H136O6/c1-4-7-10-13-16-19-22-24-26-28-30-32-34-36-37-38-39-40-42-43-45-47-49-51-53-55-58-61-64-67-70-76(79)82-73-74(72-81-75(78)69-66-63-60-57-21-18-15-12-9-6-3)83-77(80)71-68-65-62-59-56-54-52-50-48-46-44-41-35-33-31-29-27-25-23-20-17-14-11-8-5-2/h8,11-12,15,17,20,25,27,31,33,41,44,48,50,74H,4-7,9-10,13-14,16,18-19,21-24,26,28-30,32,34-40,42-43,45-47,49,51-73H2,1-3H3/b11-8-,15-12-,20-17-,27-25-,33-31-,44-41-,50-48-. The van der Waals surface area contributed by atoms with Crippen LogP contribution in [0.1, 0.15) is 367 Å². The quantitative estimate of drug-likeness (QED) is 0.0261. The minimum atomic E-state index is -0.788. The Balaban J connectivity index is 4.17. The van der Waals surface area contributed by atoms with E-state index in [9.17, 15) is 14.4 Å². The number of ether oxygens (including phenoxy) is 3. The Labute approximate surface area is 515 Å². The number of rotatable bonds is 66. The molecular formula is C77H136O6. The fourth-order valence-electron chi connectivity index (χ4n) is 10.5. The maximum atomic E-state index is 12.9. The number of hydrogen-bond donors (Lipinski definition) is 0. The van der Waals surface area contributed by atoms with E-state index in [-0.39, 0.29) is 31.1 Å². The summed E-state index contributed by atoms with van der Waals surface area (Å²) < 4.78 is 16.9. The molecule has 0 N–H and O–H groups in total. The van der Waals surface area contributed by atoms with Gasteiger partial charge in [0.15, 0.2) is 6.10 Å². The van der Waals surface area contributed by atoms with Gasteiger partial charge in [-0.2, -0.15) is 0 Å². The molecule has 0 rings (SSSR count). The Morgan fingerprint density at radius 2 is 0.494 bits per heavy atom. The first-order valence-electron chi connectivity index (χ1n) is 36.1. The molecule has 0 amide bonds. The Bertz CT molecular complexity index is 1570. The summed E-state index contributed by atoms with van der Waals surface area (Å²) in [7, 11) is 0. The van der Waals surface area contributed by atoms with Gasteiger partial charge in [0.25, 0.3) is 0 Å². The van der Waals surface area contributed by atoms with E-state index in [1.165, 1.54) is 205 Å². The van der Waals surface area contributed by atoms with Crippen LogP contribution in [0.15, 0.2) is 85.1 Å². The van der Waals surface area contributed by atoms with Crippen LogP contribution in [0.4, 0.5) is 0 Å². The molecule has 0 aliphatic heterocycles. The van der Waals surface area contributed by atoms with Crippen LogP contribution < -0.4 is 0 Å². The average Bonchev–Trinajstić information content (AvgIpc) is 3.48. The van der Waals surface area contributed by atoms with Gasteiger partial charge >= 0.3 is 17.9 Å². The predicted molar refractivity (Wildman–Crippen MR) is 362 cm³/mol. The summed E-state index contributed by atoms with van der Waals surface area (Å²) in [5.41, 5.74) is 0. The molecule has 6 nitrogen and oxygen atoms in total. The smallest absolute Gasteiger partial charge is 0.306 e. The van der Waals surface area contributed by atoms with Crippen molar-refractivity contribution < 1.29 is 28.6 Å². The van der Waals surface area contributed by atoms with E-state index >= 15 is 0 Å². The van der Waals surface area contributed by atoms with Crippen molar-refractivity contribution in [1.29, 1.82) is 0 Å². The first-order valence-corrected chi connectivity index (χ1v) is 36.1. The molecule has 83 heavy (non-hydrogen) atoms. The molecule has 480 valence electrons. The van der Waals surface area contributed by atoms with Gasteiger partial charge in [-0.15, -0.1) is 0 Å². The monoisotopic (exact) mass is 1160 g/mol. The zero-order valence-corrected chi connectivity index (χ0v) is 55.2. The zero-order chi connectivity index (χ0) is 59.9. The lowest BCUT2D eigenvalue weighted by molar-refractivity contribution is -0.167. The fraction of sp³-hybridized carbons (Fsp3) is 0.779. The lowest BCUT2D eigenvalue weighted by Crippen LogP contribution is -2.30. The van der Waals surface area contributed by atoms with Gasteiger partial charge in [-0.25, -0.2) is 0 Å². The third-order valence-electron chi connectivity index (χ3n) is 15.9. The molecule has 1 atom stereocenters. The van der Waals surface area contributed by atoms with Crippen LogP contribution in [-0.4, -0.2) is 37.2 Å². The highest BCUT2D eigenvalue weighted by atomic mass is 16.6. The number of carbonyl (C=O) groups is 3. The molecule has 6 heteroatoms. The molecule has 1 unspecified atom stereocenters. The molecule has 0 heterocycles. The number of allylic oxidation sites excluding steroid dienone is 14. The maximum absolute atomic E-state index is 12.9. The predicted octanol–water partition coefficient (Wildman–Crippen LogP) is 25.0. The molecule has 0 aliphatic carbocycles. The molecule has 0 aromatic heterocycles. The lowest BCUT2D eigenvalue weighted by Gasteiger charge is -2.18. The Morgan fingerprint density at radius 1 is 0.253 bits per heavy atom. The fourth-order valence-corrected chi connectivity index (χ4v) is 10.5. The van der Waals surface area contributed by atoms with E-state index < -0.39 is 6.10 Å². The third-order valence-corrected chi connectivity index (χ3v) is 15.9. The van der Waals surface area contributed by atoms with Gasteiger partial charge in [0, 0.05) is 19.3 Å². The normalized spacial score (nSPS) is 12.6. The molecule has 0 radical (unpaired) electrons. The molecular weight excluding hydrogens is 1020 g/mol. The zero-order valence-electron chi connectivity index (χ0n) is 55.2. The topological polar surface area (TPSA) is 78.9 Å². The van der Waals surface area contributed by atoms with Crippen molar-refractivity contribution in [2.75, 3.05) is 13.2 Å². The summed E-state index contributed by atoms with van der Waals surface area (Å²) in [5.74, 6) is -0.892. The van der Waals surface area contributed by atoms with Crippen molar-refractivity contribution >= 4 is 17.9 Å². The minimum absolute atomic E-state index is 0.0824. The summed E-state index contributed by atoms with van der Waals surface area (Å²) in [4.78, 5) is 38.3. The summed E-state index contributed by atoms with van der Waals surface area (Å²) in [6, 6.07) is 0. The van der Waals surface area contributed by atoms with Crippen molar-refractivity contribution in [3.8, 4) is 0 Å². The Morgan fingerprint density at radius 3 is 0.795 bits per heavy atom. The van der Waals surface area contributed by atoms with Crippen molar-refractivity contribution in [2.45, 2.75) is 374 Å². The SMILES string of the molecule is CC/C=C\C/C=C\C/C=C\C/C=C\C/C=C\C/C=C\CCCCCCCCC(=O)OC(COC(=O)CCCCCCC/C=C\CCC)COC(=O)CCCCCCCCCCCCCCCCCCCCCCCCCCCCCCCC. The molecule has 0 saturated carbocycles. The minimum Gasteiger partial charge on any atom is -0.462 e. The van der Waals surface area contributed by atoms with Crippen LogP contribution in [0.2, 0.25) is 0 Å². The number of esters is 3. The first kappa shape index (κ1) is 79.6. The van der Waals surface area contributed by atoms with Gasteiger partial charge in [0.1, 0.15) is 13.2 Å². The summed E-state index contributed by atoms with van der Waals surface area (Å²) in [5, 5.41) is 0. The van der Waals surface area contributed by atoms with Crippen LogP contribution >= 0.6 is 0 Å². The second-order valence-electron chi connectivity index (χ2n) is 24.1. The van der Waals surface area contributed by atoms with Gasteiger partial charge in [0.05, 0.1) is 0 Å². The summed E-state index contributed by atoms with van der Waals surface area (Å²) in [6.45, 7) is 6.49. The highest BCUT2D eigenvalue weighted by Crippen LogP contribution is 2.18. The average molecular weight is 1160 g/mol. The van der Waals surface area contributed by atoms with Crippen LogP contribution in [0.5, 0.6) is 0 Å². The molecule has 0 aromatic rings. The molecule has 0 spiro atoms. The molecule has 0 saturated heterocycles. The van der Waals surface area contributed by atoms with Crippen LogP contribution in [0.3, 0.4) is 0 Å². The van der Waals surface area contributed by atoms with Crippen molar-refractivity contribution in [2.24, 2.45) is 0 Å². The van der Waals surface area contributed by atoms with E-state index in [2.05, 4.69) is 106 Å². The van der Waals surface area contributed by atoms with Gasteiger partial charge in [-0.1, -0.05) is 343 Å². The van der Waals surface area contributed by atoms with Crippen LogP contribution in [0, 0.1) is 0 Å². The maximum Gasteiger partial charge on any atom is 0.306 e. The Hall–Kier alpha value is -3.41. The third kappa shape index (κ3) is 69.3. The van der Waals surface area contributed by atoms with Crippen molar-refractivity contribution in [3.63, 3.8) is 0 Å². The largest absolute Gasteiger partial charge is 0.462 e. The van der Waals surface area contributed by atoms with E-state index in [0.29, 0.717) is 19.3 Å². The number of unbranched alkanes of at least 4 members (excludes halogenated alkanes) is 41. The van der Waals surface area contributed by atoms with Crippen LogP contribution in [0.25, 0.3) is 0 Å². The highest BCUT2D eigenvalue weighted by molar-refractivity contribution is 5.71. The van der Waals surface area contributed by atoms with Crippen LogP contribution in [-0.2, 0) is 28.6 Å². The summed E-state index contributed by atoms with van der Waals surface area (Å²) >= 11 is 0. The lowest BCUT2D eigenvalue weighted by atomic mass is 10.0. The highest BCUT2D eigenvalue weighted by Gasteiger charge is 2.19. The summed E-state index contributed by atoms with van der Waals surface area (Å²) in [6.07, 6.45) is 95.0. The van der Waals surface area contributed by atoms with Gasteiger partial charge in [0.2, 0.25) is 0 Å². The first-order chi connectivity index (χ1) is 41.0. The van der Waals surface area contributed by atoms with E-state index in [0.717, 1.165) is 122 Å².